The topological polar surface area (TPSA) is 26.3 Å². The summed E-state index contributed by atoms with van der Waals surface area (Å²) in [5.74, 6) is 1.67. The van der Waals surface area contributed by atoms with Crippen LogP contribution < -0.4 is 0 Å². The number of rotatable bonds is 6. The molecular weight excluding hydrogens is 185 g/mol. The number of quaternary nitrogens is 1. The Bertz CT molecular complexity index is 185. The van der Waals surface area contributed by atoms with Crippen molar-refractivity contribution in [3.63, 3.8) is 0 Å². The molecule has 0 heterocycles. The molecule has 0 fully saturated rings. The van der Waals surface area contributed by atoms with Gasteiger partial charge in [0.15, 0.2) is 0 Å². The van der Waals surface area contributed by atoms with Gasteiger partial charge in [-0.25, -0.2) is 0 Å². The van der Waals surface area contributed by atoms with Crippen molar-refractivity contribution in [1.29, 1.82) is 0 Å². The lowest BCUT2D eigenvalue weighted by Gasteiger charge is -2.23. The zero-order valence-electron chi connectivity index (χ0n) is 9.04. The van der Waals surface area contributed by atoms with E-state index in [9.17, 15) is 4.57 Å². The Labute approximate surface area is 81.8 Å². The van der Waals surface area contributed by atoms with Crippen molar-refractivity contribution in [2.45, 2.75) is 13.3 Å². The molecule has 4 heteroatoms. The molecule has 0 bridgehead atoms. The van der Waals surface area contributed by atoms with Gasteiger partial charge in [0.25, 0.3) is 0 Å². The van der Waals surface area contributed by atoms with E-state index in [-0.39, 0.29) is 0 Å². The summed E-state index contributed by atoms with van der Waals surface area (Å²) in [6.07, 6.45) is 2.79. The van der Waals surface area contributed by atoms with E-state index < -0.39 is 8.03 Å². The van der Waals surface area contributed by atoms with Gasteiger partial charge in [0.1, 0.15) is 13.2 Å². The molecule has 0 aliphatic carbocycles. The van der Waals surface area contributed by atoms with E-state index in [2.05, 4.69) is 21.1 Å². The summed E-state index contributed by atoms with van der Waals surface area (Å²) in [4.78, 5) is 0. The Kier molecular flexibility index (Phi) is 6.31. The number of hydrogen-bond donors (Lipinski definition) is 0. The van der Waals surface area contributed by atoms with Crippen LogP contribution in [0.2, 0.25) is 0 Å². The Balaban J connectivity index is 3.54. The van der Waals surface area contributed by atoms with E-state index in [1.807, 2.05) is 13.0 Å². The van der Waals surface area contributed by atoms with Gasteiger partial charge in [0.2, 0.25) is 8.03 Å². The second-order valence-electron chi connectivity index (χ2n) is 3.99. The molecule has 0 saturated carbocycles. The van der Waals surface area contributed by atoms with Crippen LogP contribution in [0.25, 0.3) is 0 Å². The minimum Gasteiger partial charge on any atom is -0.329 e. The summed E-state index contributed by atoms with van der Waals surface area (Å²) in [5, 5.41) is 0. The van der Waals surface area contributed by atoms with Gasteiger partial charge in [0, 0.05) is 0 Å². The molecule has 0 saturated heterocycles. The van der Waals surface area contributed by atoms with Gasteiger partial charge in [-0.2, -0.15) is 0 Å². The molecule has 0 aromatic rings. The van der Waals surface area contributed by atoms with Gasteiger partial charge in [-0.15, -0.1) is 0 Å². The lowest BCUT2D eigenvalue weighted by Crippen LogP contribution is -2.37. The molecule has 0 aromatic heterocycles. The first-order chi connectivity index (χ1) is 5.95. The normalized spacial score (nSPS) is 15.1. The molecule has 0 spiro atoms. The third-order valence-electron chi connectivity index (χ3n) is 1.50. The molecule has 13 heavy (non-hydrogen) atoms. The van der Waals surface area contributed by atoms with Crippen LogP contribution in [0, 0.1) is 0 Å². The van der Waals surface area contributed by atoms with Crippen molar-refractivity contribution in [1.82, 2.24) is 0 Å². The number of nitrogens with zero attached hydrogens (tertiary/aromatic N) is 1. The van der Waals surface area contributed by atoms with Crippen LogP contribution in [-0.2, 0) is 9.09 Å². The van der Waals surface area contributed by atoms with Crippen LogP contribution in [0.5, 0.6) is 0 Å². The molecule has 1 atom stereocenters. The Hall–Kier alpha value is -0.110. The van der Waals surface area contributed by atoms with Crippen molar-refractivity contribution in [3.05, 3.63) is 11.9 Å². The van der Waals surface area contributed by atoms with Gasteiger partial charge in [-0.1, -0.05) is 13.0 Å². The minimum atomic E-state index is -1.91. The predicted molar refractivity (Wildman–Crippen MR) is 57.3 cm³/mol. The molecule has 1 unspecified atom stereocenters. The van der Waals surface area contributed by atoms with Gasteiger partial charge >= 0.3 is 0 Å². The summed E-state index contributed by atoms with van der Waals surface area (Å²) in [6, 6.07) is 0. The maximum absolute atomic E-state index is 11.2. The smallest absolute Gasteiger partial charge is 0.213 e. The largest absolute Gasteiger partial charge is 0.329 e. The average Bonchev–Trinajstić information content (AvgIpc) is 1.98. The molecule has 78 valence electrons. The van der Waals surface area contributed by atoms with Gasteiger partial charge in [-0.3, -0.25) is 4.57 Å². The number of likely N-dealkylation sites (N-methyl/N-ethyl adjacent to an activating group) is 1. The van der Waals surface area contributed by atoms with Crippen LogP contribution in [0.3, 0.4) is 0 Å². The van der Waals surface area contributed by atoms with E-state index in [0.717, 1.165) is 17.4 Å². The summed E-state index contributed by atoms with van der Waals surface area (Å²) in [6.45, 7) is 3.46. The second kappa shape index (κ2) is 6.36. The van der Waals surface area contributed by atoms with Gasteiger partial charge in [0.05, 0.1) is 21.1 Å². The van der Waals surface area contributed by atoms with E-state index in [0.29, 0.717) is 6.61 Å². The predicted octanol–water partition coefficient (Wildman–Crippen LogP) is 2.11. The third-order valence-corrected chi connectivity index (χ3v) is 2.49. The summed E-state index contributed by atoms with van der Waals surface area (Å²) < 4.78 is 17.2. The molecule has 0 aromatic carbocycles. The first kappa shape index (κ1) is 12.9. The van der Waals surface area contributed by atoms with Gasteiger partial charge < -0.3 is 9.01 Å². The molecule has 3 nitrogen and oxygen atoms in total. The Morgan fingerprint density at radius 2 is 2.00 bits per heavy atom. The molecular formula is C9H21NO2P+. The zero-order chi connectivity index (χ0) is 10.3. The van der Waals surface area contributed by atoms with Crippen molar-refractivity contribution in [2.24, 2.45) is 0 Å². The van der Waals surface area contributed by atoms with Crippen molar-refractivity contribution in [3.8, 4) is 0 Å². The van der Waals surface area contributed by atoms with E-state index in [4.69, 9.17) is 4.52 Å². The Morgan fingerprint density at radius 3 is 2.46 bits per heavy atom. The first-order valence-corrected chi connectivity index (χ1v) is 5.99. The molecule has 0 N–H and O–H groups in total. The maximum atomic E-state index is 11.2. The molecule has 0 aliphatic rings. The summed E-state index contributed by atoms with van der Waals surface area (Å²) in [7, 11) is 4.34. The fourth-order valence-electron chi connectivity index (χ4n) is 0.682. The van der Waals surface area contributed by atoms with Crippen LogP contribution in [0.4, 0.5) is 0 Å². The van der Waals surface area contributed by atoms with Crippen LogP contribution in [-0.4, -0.2) is 38.8 Å². The highest BCUT2D eigenvalue weighted by Crippen LogP contribution is 2.23. The highest BCUT2D eigenvalue weighted by atomic mass is 31.1. The summed E-state index contributed by atoms with van der Waals surface area (Å²) in [5.41, 5.74) is 0. The fourth-order valence-corrected chi connectivity index (χ4v) is 1.50. The molecule has 0 amide bonds. The van der Waals surface area contributed by atoms with Crippen LogP contribution in [0.1, 0.15) is 13.3 Å². The standard InChI is InChI=1S/C9H21NO2P/c1-5-6-9-13(11)12-8-7-10(2,3)4/h6,9,13H,5,7-8H2,1-4H3/q+1. The van der Waals surface area contributed by atoms with Crippen molar-refractivity contribution >= 4 is 8.03 Å². The van der Waals surface area contributed by atoms with Crippen LogP contribution >= 0.6 is 8.03 Å². The van der Waals surface area contributed by atoms with E-state index in [1.54, 1.807) is 5.82 Å². The average molecular weight is 206 g/mol. The van der Waals surface area contributed by atoms with E-state index in [1.165, 1.54) is 0 Å². The highest BCUT2D eigenvalue weighted by Gasteiger charge is 2.06. The van der Waals surface area contributed by atoms with Gasteiger partial charge in [-0.05, 0) is 12.2 Å². The number of hydrogen-bond acceptors (Lipinski definition) is 2. The molecule has 0 aliphatic heterocycles. The van der Waals surface area contributed by atoms with Crippen molar-refractivity contribution in [2.75, 3.05) is 34.3 Å². The quantitative estimate of drug-likeness (QED) is 0.491. The SMILES string of the molecule is CCC=C[PH](=O)OCC[N+](C)(C)C. The first-order valence-electron chi connectivity index (χ1n) is 4.59. The monoisotopic (exact) mass is 206 g/mol. The summed E-state index contributed by atoms with van der Waals surface area (Å²) >= 11 is 0. The molecule has 0 rings (SSSR count). The highest BCUT2D eigenvalue weighted by molar-refractivity contribution is 7.42. The minimum absolute atomic E-state index is 0.565. The van der Waals surface area contributed by atoms with E-state index >= 15 is 0 Å². The zero-order valence-corrected chi connectivity index (χ0v) is 10.0. The lowest BCUT2D eigenvalue weighted by molar-refractivity contribution is -0.870. The number of allylic oxidation sites excluding steroid dienone is 1. The lowest BCUT2D eigenvalue weighted by atomic mass is 10.5. The molecule has 0 radical (unpaired) electrons. The fraction of sp³-hybridized carbons (Fsp3) is 0.778. The van der Waals surface area contributed by atoms with Crippen molar-refractivity contribution < 1.29 is 13.6 Å². The second-order valence-corrected chi connectivity index (χ2v) is 5.25. The Morgan fingerprint density at radius 1 is 1.38 bits per heavy atom. The van der Waals surface area contributed by atoms with Crippen LogP contribution in [0.15, 0.2) is 11.9 Å². The maximum Gasteiger partial charge on any atom is 0.213 e. The third kappa shape index (κ3) is 9.81.